The number of anilines is 1. The molecule has 1 unspecified atom stereocenters. The minimum Gasteiger partial charge on any atom is -0.381 e. The summed E-state index contributed by atoms with van der Waals surface area (Å²) < 4.78 is 1.00. The maximum atomic E-state index is 9.06. The highest BCUT2D eigenvalue weighted by molar-refractivity contribution is 9.10. The lowest BCUT2D eigenvalue weighted by Crippen LogP contribution is -2.15. The monoisotopic (exact) mass is 308 g/mol. The molecule has 0 fully saturated rings. The predicted molar refractivity (Wildman–Crippen MR) is 80.7 cm³/mol. The number of nitrogens with zero attached hydrogens (tertiary/aromatic N) is 1. The number of nitriles is 1. The Bertz CT molecular complexity index is 409. The lowest BCUT2D eigenvalue weighted by molar-refractivity contribution is 0.594. The third-order valence-electron chi connectivity index (χ3n) is 2.99. The molecular formula is C15H21BrN2. The van der Waals surface area contributed by atoms with Gasteiger partial charge in [-0.3, -0.25) is 0 Å². The van der Waals surface area contributed by atoms with E-state index in [1.165, 1.54) is 25.7 Å². The molecule has 0 bridgehead atoms. The molecule has 0 heterocycles. The first kappa shape index (κ1) is 15.0. The lowest BCUT2D eigenvalue weighted by atomic mass is 10.1. The molecule has 1 aromatic carbocycles. The molecule has 98 valence electrons. The second kappa shape index (κ2) is 8.16. The van der Waals surface area contributed by atoms with Gasteiger partial charge in [-0.25, -0.2) is 0 Å². The summed E-state index contributed by atoms with van der Waals surface area (Å²) >= 11 is 3.44. The van der Waals surface area contributed by atoms with Gasteiger partial charge in [0.1, 0.15) is 6.07 Å². The Labute approximate surface area is 119 Å². The van der Waals surface area contributed by atoms with Crippen molar-refractivity contribution in [1.82, 2.24) is 0 Å². The van der Waals surface area contributed by atoms with Crippen LogP contribution in [0.1, 0.15) is 51.5 Å². The van der Waals surface area contributed by atoms with Crippen molar-refractivity contribution in [3.63, 3.8) is 0 Å². The van der Waals surface area contributed by atoms with Crippen LogP contribution in [0.25, 0.3) is 0 Å². The van der Waals surface area contributed by atoms with E-state index in [-0.39, 0.29) is 0 Å². The van der Waals surface area contributed by atoms with Crippen LogP contribution in [0.2, 0.25) is 0 Å². The van der Waals surface area contributed by atoms with Crippen molar-refractivity contribution in [3.8, 4) is 6.07 Å². The summed E-state index contributed by atoms with van der Waals surface area (Å²) in [7, 11) is 0. The van der Waals surface area contributed by atoms with Gasteiger partial charge in [-0.1, -0.05) is 48.5 Å². The molecular weight excluding hydrogens is 288 g/mol. The summed E-state index contributed by atoms with van der Waals surface area (Å²) in [5.41, 5.74) is 1.63. The first-order valence-corrected chi connectivity index (χ1v) is 7.43. The maximum Gasteiger partial charge on any atom is 0.101 e. The molecule has 0 amide bonds. The van der Waals surface area contributed by atoms with Crippen LogP contribution in [0.5, 0.6) is 0 Å². The highest BCUT2D eigenvalue weighted by atomic mass is 79.9. The molecule has 0 aliphatic carbocycles. The van der Waals surface area contributed by atoms with Crippen molar-refractivity contribution < 1.29 is 0 Å². The first-order chi connectivity index (χ1) is 8.67. The normalized spacial score (nSPS) is 11.9. The topological polar surface area (TPSA) is 35.8 Å². The number of unbranched alkanes of at least 4 members (excludes halogenated alkanes) is 3. The average Bonchev–Trinajstić information content (AvgIpc) is 2.35. The van der Waals surface area contributed by atoms with Gasteiger partial charge in [0.15, 0.2) is 0 Å². The zero-order chi connectivity index (χ0) is 13.4. The fourth-order valence-corrected chi connectivity index (χ4v) is 2.31. The molecule has 1 rings (SSSR count). The molecule has 1 atom stereocenters. The third kappa shape index (κ3) is 5.10. The SMILES string of the molecule is CCCCCCC(C)Nc1cc(Br)ccc1C#N. The fourth-order valence-electron chi connectivity index (χ4n) is 1.95. The van der Waals surface area contributed by atoms with Crippen molar-refractivity contribution in [2.45, 2.75) is 52.0 Å². The summed E-state index contributed by atoms with van der Waals surface area (Å²) in [5.74, 6) is 0. The van der Waals surface area contributed by atoms with E-state index >= 15 is 0 Å². The summed E-state index contributed by atoms with van der Waals surface area (Å²) in [6, 6.07) is 8.34. The molecule has 1 aromatic rings. The van der Waals surface area contributed by atoms with Crippen LogP contribution in [0, 0.1) is 11.3 Å². The van der Waals surface area contributed by atoms with Crippen molar-refractivity contribution in [2.75, 3.05) is 5.32 Å². The van der Waals surface area contributed by atoms with Crippen LogP contribution in [-0.2, 0) is 0 Å². The zero-order valence-corrected chi connectivity index (χ0v) is 12.8. The molecule has 3 heteroatoms. The number of halogens is 1. The second-order valence-electron chi connectivity index (χ2n) is 4.70. The van der Waals surface area contributed by atoms with Crippen LogP contribution in [0.15, 0.2) is 22.7 Å². The number of benzene rings is 1. The molecule has 0 aliphatic rings. The van der Waals surface area contributed by atoms with Gasteiger partial charge in [-0.05, 0) is 31.5 Å². The zero-order valence-electron chi connectivity index (χ0n) is 11.2. The Morgan fingerprint density at radius 1 is 1.33 bits per heavy atom. The van der Waals surface area contributed by atoms with E-state index in [2.05, 4.69) is 41.2 Å². The standard InChI is InChI=1S/C15H21BrN2/c1-3-4-5-6-7-12(2)18-15-10-14(16)9-8-13(15)11-17/h8-10,12,18H,3-7H2,1-2H3. The van der Waals surface area contributed by atoms with Crippen molar-refractivity contribution in [3.05, 3.63) is 28.2 Å². The molecule has 2 nitrogen and oxygen atoms in total. The van der Waals surface area contributed by atoms with E-state index in [0.29, 0.717) is 11.6 Å². The third-order valence-corrected chi connectivity index (χ3v) is 3.49. The van der Waals surface area contributed by atoms with E-state index in [9.17, 15) is 0 Å². The number of hydrogen-bond donors (Lipinski definition) is 1. The number of rotatable bonds is 7. The van der Waals surface area contributed by atoms with Crippen molar-refractivity contribution >= 4 is 21.6 Å². The summed E-state index contributed by atoms with van der Waals surface area (Å²) in [6.45, 7) is 4.40. The Balaban J connectivity index is 2.51. The van der Waals surface area contributed by atoms with Crippen LogP contribution < -0.4 is 5.32 Å². The van der Waals surface area contributed by atoms with Gasteiger partial charge in [0.2, 0.25) is 0 Å². The lowest BCUT2D eigenvalue weighted by Gasteiger charge is -2.16. The van der Waals surface area contributed by atoms with Gasteiger partial charge in [0, 0.05) is 10.5 Å². The van der Waals surface area contributed by atoms with Crippen LogP contribution in [-0.4, -0.2) is 6.04 Å². The van der Waals surface area contributed by atoms with E-state index in [1.54, 1.807) is 0 Å². The molecule has 1 N–H and O–H groups in total. The largest absolute Gasteiger partial charge is 0.381 e. The van der Waals surface area contributed by atoms with Gasteiger partial charge in [-0.15, -0.1) is 0 Å². The van der Waals surface area contributed by atoms with E-state index in [1.807, 2.05) is 18.2 Å². The molecule has 0 saturated carbocycles. The molecule has 0 radical (unpaired) electrons. The van der Waals surface area contributed by atoms with Crippen molar-refractivity contribution in [1.29, 1.82) is 5.26 Å². The summed E-state index contributed by atoms with van der Waals surface area (Å²) in [5, 5.41) is 12.5. The van der Waals surface area contributed by atoms with E-state index < -0.39 is 0 Å². The second-order valence-corrected chi connectivity index (χ2v) is 5.61. The van der Waals surface area contributed by atoms with Crippen LogP contribution in [0.4, 0.5) is 5.69 Å². The number of hydrogen-bond acceptors (Lipinski definition) is 2. The average molecular weight is 309 g/mol. The minimum atomic E-state index is 0.406. The van der Waals surface area contributed by atoms with Gasteiger partial charge in [0.05, 0.1) is 11.3 Å². The Morgan fingerprint density at radius 2 is 2.11 bits per heavy atom. The predicted octanol–water partition coefficient (Wildman–Crippen LogP) is 5.09. The van der Waals surface area contributed by atoms with Gasteiger partial charge >= 0.3 is 0 Å². The summed E-state index contributed by atoms with van der Waals surface area (Å²) in [4.78, 5) is 0. The highest BCUT2D eigenvalue weighted by Crippen LogP contribution is 2.22. The Morgan fingerprint density at radius 3 is 2.78 bits per heavy atom. The summed E-state index contributed by atoms with van der Waals surface area (Å²) in [6.07, 6.45) is 6.28. The van der Waals surface area contributed by atoms with Crippen LogP contribution >= 0.6 is 15.9 Å². The fraction of sp³-hybridized carbons (Fsp3) is 0.533. The maximum absolute atomic E-state index is 9.06. The molecule has 0 spiro atoms. The highest BCUT2D eigenvalue weighted by Gasteiger charge is 2.06. The molecule has 0 aliphatic heterocycles. The van der Waals surface area contributed by atoms with E-state index in [0.717, 1.165) is 16.6 Å². The van der Waals surface area contributed by atoms with Gasteiger partial charge in [0.25, 0.3) is 0 Å². The minimum absolute atomic E-state index is 0.406. The number of nitrogens with one attached hydrogen (secondary N) is 1. The molecule has 0 saturated heterocycles. The molecule has 0 aromatic heterocycles. The Kier molecular flexibility index (Phi) is 6.82. The molecule has 18 heavy (non-hydrogen) atoms. The van der Waals surface area contributed by atoms with Crippen molar-refractivity contribution in [2.24, 2.45) is 0 Å². The Hall–Kier alpha value is -1.01. The first-order valence-electron chi connectivity index (χ1n) is 6.63. The smallest absolute Gasteiger partial charge is 0.101 e. The van der Waals surface area contributed by atoms with E-state index in [4.69, 9.17) is 5.26 Å². The van der Waals surface area contributed by atoms with Gasteiger partial charge in [-0.2, -0.15) is 5.26 Å². The van der Waals surface area contributed by atoms with Crippen LogP contribution in [0.3, 0.4) is 0 Å². The quantitative estimate of drug-likeness (QED) is 0.712. The van der Waals surface area contributed by atoms with Gasteiger partial charge < -0.3 is 5.32 Å².